The van der Waals surface area contributed by atoms with Crippen LogP contribution in [0.5, 0.6) is 0 Å². The van der Waals surface area contributed by atoms with E-state index < -0.39 is 73.7 Å². The Morgan fingerprint density at radius 3 is 0.722 bits per heavy atom. The van der Waals surface area contributed by atoms with Crippen LogP contribution < -0.4 is 0 Å². The molecule has 384 valence electrons. The largest absolute Gasteiger partial charge is 0.475 e. The van der Waals surface area contributed by atoms with Crippen LogP contribution in [0.25, 0.3) is 0 Å². The van der Waals surface area contributed by atoms with Gasteiger partial charge in [0.15, 0.2) is 0 Å². The van der Waals surface area contributed by atoms with Crippen molar-refractivity contribution >= 4 is 23.5 Å². The van der Waals surface area contributed by atoms with Gasteiger partial charge < -0.3 is 24.1 Å². The van der Waals surface area contributed by atoms with Crippen LogP contribution in [0.15, 0.2) is 182 Å². The summed E-state index contributed by atoms with van der Waals surface area (Å²) in [4.78, 5) is 0. The highest BCUT2D eigenvalue weighted by atomic mass is 31.2. The second kappa shape index (κ2) is 28.2. The number of phosphoric acid groups is 3. The molecule has 7 rings (SSSR count). The van der Waals surface area contributed by atoms with Crippen molar-refractivity contribution in [2.75, 3.05) is 27.8 Å². The third-order valence-electron chi connectivity index (χ3n) is 10.9. The van der Waals surface area contributed by atoms with Crippen molar-refractivity contribution in [1.29, 1.82) is 0 Å². The van der Waals surface area contributed by atoms with Crippen LogP contribution in [0.4, 0.5) is 0 Å². The molecule has 17 nitrogen and oxygen atoms in total. The Labute approximate surface area is 419 Å². The highest BCUT2D eigenvalue weighted by molar-refractivity contribution is 7.49. The van der Waals surface area contributed by atoms with E-state index in [9.17, 15) is 5.11 Å². The highest BCUT2D eigenvalue weighted by Gasteiger charge is 2.60. The molecule has 0 aliphatic heterocycles. The third kappa shape index (κ3) is 17.0. The van der Waals surface area contributed by atoms with Crippen LogP contribution in [0.3, 0.4) is 0 Å². The molecular formula is C52H59O17P3. The molecule has 20 heteroatoms. The number of rotatable bonds is 30. The van der Waals surface area contributed by atoms with E-state index in [-0.39, 0.29) is 39.6 Å². The van der Waals surface area contributed by atoms with E-state index >= 15 is 13.7 Å². The summed E-state index contributed by atoms with van der Waals surface area (Å²) in [5, 5.41) is 12.5. The van der Waals surface area contributed by atoms with Crippen molar-refractivity contribution in [3.8, 4) is 0 Å². The van der Waals surface area contributed by atoms with Crippen molar-refractivity contribution in [3.63, 3.8) is 0 Å². The van der Waals surface area contributed by atoms with Crippen LogP contribution in [-0.4, -0.2) is 69.5 Å². The maximum atomic E-state index is 15.6. The third-order valence-corrected chi connectivity index (χ3v) is 15.0. The Hall–Kier alpha value is -4.55. The van der Waals surface area contributed by atoms with E-state index in [4.69, 9.17) is 59.7 Å². The van der Waals surface area contributed by atoms with E-state index in [1.165, 1.54) is 14.2 Å². The van der Waals surface area contributed by atoms with Crippen molar-refractivity contribution in [3.05, 3.63) is 215 Å². The first kappa shape index (κ1) is 55.2. The van der Waals surface area contributed by atoms with Gasteiger partial charge in [-0.05, 0) is 33.4 Å². The van der Waals surface area contributed by atoms with E-state index in [0.29, 0.717) is 33.4 Å². The molecule has 1 N–H and O–H groups in total. The smallest absolute Gasteiger partial charge is 0.387 e. The van der Waals surface area contributed by atoms with Gasteiger partial charge >= 0.3 is 23.5 Å². The zero-order valence-corrected chi connectivity index (χ0v) is 42.4. The molecule has 1 fully saturated rings. The molecule has 0 spiro atoms. The molecule has 1 aliphatic carbocycles. The number of hydrogen-bond donors (Lipinski definition) is 1. The summed E-state index contributed by atoms with van der Waals surface area (Å²) in [7, 11) is -12.1. The van der Waals surface area contributed by atoms with Gasteiger partial charge in [0.1, 0.15) is 50.2 Å². The van der Waals surface area contributed by atoms with Gasteiger partial charge in [0.2, 0.25) is 0 Å². The molecule has 6 aromatic carbocycles. The van der Waals surface area contributed by atoms with Crippen LogP contribution in [-0.2, 0) is 113 Å². The van der Waals surface area contributed by atoms with Gasteiger partial charge in [0.05, 0.1) is 39.6 Å². The lowest BCUT2D eigenvalue weighted by atomic mass is 9.84. The summed E-state index contributed by atoms with van der Waals surface area (Å²) in [6.45, 7) is -2.71. The van der Waals surface area contributed by atoms with Crippen molar-refractivity contribution in [2.24, 2.45) is 0 Å². The molecule has 72 heavy (non-hydrogen) atoms. The molecule has 1 saturated carbocycles. The van der Waals surface area contributed by atoms with Crippen LogP contribution in [0, 0.1) is 0 Å². The molecule has 0 saturated heterocycles. The molecule has 0 radical (unpaired) electrons. The van der Waals surface area contributed by atoms with Gasteiger partial charge in [-0.2, -0.15) is 0 Å². The maximum Gasteiger partial charge on any atom is 0.475 e. The zero-order chi connectivity index (χ0) is 50.5. The second-order valence-electron chi connectivity index (χ2n) is 16.2. The molecule has 2 unspecified atom stereocenters. The molecular weight excluding hydrogens is 989 g/mol. The molecule has 6 atom stereocenters. The topological polar surface area (TPSA) is 191 Å². The van der Waals surface area contributed by atoms with Crippen molar-refractivity contribution < 1.29 is 78.5 Å². The fourth-order valence-corrected chi connectivity index (χ4v) is 11.3. The normalized spacial score (nSPS) is 19.5. The lowest BCUT2D eigenvalue weighted by Crippen LogP contribution is -2.66. The number of phosphoric ester groups is 3. The van der Waals surface area contributed by atoms with Gasteiger partial charge in [-0.1, -0.05) is 182 Å². The van der Waals surface area contributed by atoms with E-state index in [0.717, 1.165) is 0 Å². The quantitative estimate of drug-likeness (QED) is 0.0331. The second-order valence-corrected chi connectivity index (χ2v) is 21.0. The van der Waals surface area contributed by atoms with E-state index in [2.05, 4.69) is 0 Å². The molecule has 0 aromatic heterocycles. The molecule has 0 bridgehead atoms. The number of ether oxygens (including phenoxy) is 4. The summed E-state index contributed by atoms with van der Waals surface area (Å²) in [6.07, 6.45) is -11.0. The predicted molar refractivity (Wildman–Crippen MR) is 264 cm³/mol. The minimum absolute atomic E-state index is 0.286. The molecule has 6 aromatic rings. The summed E-state index contributed by atoms with van der Waals surface area (Å²) < 4.78 is 126. The van der Waals surface area contributed by atoms with Crippen molar-refractivity contribution in [2.45, 2.75) is 76.3 Å². The van der Waals surface area contributed by atoms with Gasteiger partial charge in [0, 0.05) is 14.2 Å². The molecule has 1 aliphatic rings. The number of aliphatic hydroxyl groups excluding tert-OH is 1. The summed E-state index contributed by atoms with van der Waals surface area (Å²) in [5.41, 5.74) is 3.58. The van der Waals surface area contributed by atoms with Crippen LogP contribution >= 0.6 is 23.5 Å². The SMILES string of the molecule is COCO[C@H]1C(O)[C@H](OCOC)[C@@H](OP(=O)(OCc2ccccc2)OCc2ccccc2)C(OP(=O)(OCc2ccccc2)OCc2ccccc2)[C@H]1OP(=O)(OCc1ccccc1)OCc1ccccc1. The Morgan fingerprint density at radius 1 is 0.333 bits per heavy atom. The minimum Gasteiger partial charge on any atom is -0.387 e. The fourth-order valence-electron chi connectivity index (χ4n) is 7.28. The van der Waals surface area contributed by atoms with Crippen molar-refractivity contribution in [1.82, 2.24) is 0 Å². The van der Waals surface area contributed by atoms with Gasteiger partial charge in [-0.25, -0.2) is 13.7 Å². The summed E-state index contributed by atoms with van der Waals surface area (Å²) in [5.74, 6) is 0. The number of benzene rings is 6. The maximum absolute atomic E-state index is 15.6. The Morgan fingerprint density at radius 2 is 0.528 bits per heavy atom. The lowest BCUT2D eigenvalue weighted by Gasteiger charge is -2.48. The number of hydrogen-bond acceptors (Lipinski definition) is 17. The lowest BCUT2D eigenvalue weighted by molar-refractivity contribution is -0.262. The van der Waals surface area contributed by atoms with Crippen LogP contribution in [0.1, 0.15) is 33.4 Å². The average Bonchev–Trinajstić information content (AvgIpc) is 3.42. The predicted octanol–water partition coefficient (Wildman–Crippen LogP) is 11.1. The molecule has 0 heterocycles. The Kier molecular flexibility index (Phi) is 21.6. The average molecular weight is 1050 g/mol. The Bertz CT molecular complexity index is 2340. The first-order valence-corrected chi connectivity index (χ1v) is 27.3. The standard InChI is InChI=1S/C52H59O17P3/c1-57-39-59-48-47(53)49(60-40-58-2)51(68-71(55,63-35-43-25-13-5-14-26-43)64-36-44-27-15-6-16-28-44)52(69-72(56,65-37-45-29-17-7-18-30-45)66-38-46-31-19-8-20-32-46)50(48)67-70(54,61-33-41-21-9-3-10-22-41)62-34-42-23-11-4-12-24-42/h3-32,47-53H,33-40H2,1-2H3/t47?,48-,49-,50-,51+,52?/m0/s1. The van der Waals surface area contributed by atoms with Gasteiger partial charge in [-0.3, -0.25) is 40.7 Å². The highest BCUT2D eigenvalue weighted by Crippen LogP contribution is 2.61. The number of aliphatic hydroxyl groups is 1. The van der Waals surface area contributed by atoms with Gasteiger partial charge in [0.25, 0.3) is 0 Å². The fraction of sp³-hybridized carbons (Fsp3) is 0.308. The minimum atomic E-state index is -4.96. The van der Waals surface area contributed by atoms with Gasteiger partial charge in [-0.15, -0.1) is 0 Å². The first-order chi connectivity index (χ1) is 35.1. The Balaban J connectivity index is 1.37. The van der Waals surface area contributed by atoms with E-state index in [1.807, 2.05) is 0 Å². The zero-order valence-electron chi connectivity index (χ0n) is 39.8. The summed E-state index contributed by atoms with van der Waals surface area (Å²) in [6, 6.07) is 53.0. The molecule has 0 amide bonds. The monoisotopic (exact) mass is 1050 g/mol. The van der Waals surface area contributed by atoms with E-state index in [1.54, 1.807) is 182 Å². The van der Waals surface area contributed by atoms with Crippen LogP contribution in [0.2, 0.25) is 0 Å². The summed E-state index contributed by atoms with van der Waals surface area (Å²) >= 11 is 0. The number of methoxy groups -OCH3 is 2. The first-order valence-electron chi connectivity index (χ1n) is 22.9.